The number of fused-ring (bicyclic) bond motifs is 1. The van der Waals surface area contributed by atoms with Crippen molar-refractivity contribution in [2.45, 2.75) is 13.1 Å². The molecule has 0 bridgehead atoms. The van der Waals surface area contributed by atoms with Crippen molar-refractivity contribution in [2.24, 2.45) is 0 Å². The number of aromatic nitrogens is 1. The maximum absolute atomic E-state index is 13.6. The summed E-state index contributed by atoms with van der Waals surface area (Å²) < 4.78 is 51.1. The van der Waals surface area contributed by atoms with Crippen LogP contribution in [0.15, 0.2) is 42.5 Å². The molecule has 0 saturated carbocycles. The van der Waals surface area contributed by atoms with Crippen LogP contribution in [0, 0.1) is 0 Å². The molecule has 1 heterocycles. The van der Waals surface area contributed by atoms with Crippen LogP contribution in [0.2, 0.25) is 0 Å². The van der Waals surface area contributed by atoms with Crippen molar-refractivity contribution in [3.63, 3.8) is 0 Å². The number of hydrogen-bond donors (Lipinski definition) is 2. The molecule has 0 fully saturated rings. The molecule has 6 nitrogen and oxygen atoms in total. The van der Waals surface area contributed by atoms with Gasteiger partial charge < -0.3 is 20.1 Å². The van der Waals surface area contributed by atoms with Gasteiger partial charge >= 0.3 is 6.18 Å². The lowest BCUT2D eigenvalue weighted by molar-refractivity contribution is -0.136. The van der Waals surface area contributed by atoms with Crippen LogP contribution in [-0.2, 0) is 11.0 Å². The molecule has 0 saturated heterocycles. The van der Waals surface area contributed by atoms with E-state index in [9.17, 15) is 18.0 Å². The number of methoxy groups -OCH3 is 2. The van der Waals surface area contributed by atoms with Crippen LogP contribution in [0.5, 0.6) is 11.5 Å². The average Bonchev–Trinajstić information content (AvgIpc) is 2.66. The number of rotatable bonds is 5. The van der Waals surface area contributed by atoms with Gasteiger partial charge in [-0.3, -0.25) is 4.79 Å². The number of nitrogens with zero attached hydrogens (tertiary/aromatic N) is 1. The van der Waals surface area contributed by atoms with E-state index in [-0.39, 0.29) is 22.6 Å². The van der Waals surface area contributed by atoms with Crippen LogP contribution in [0.4, 0.5) is 30.4 Å². The Kier molecular flexibility index (Phi) is 5.49. The maximum atomic E-state index is 13.6. The molecule has 9 heteroatoms. The highest BCUT2D eigenvalue weighted by molar-refractivity contribution is 5.91. The minimum Gasteiger partial charge on any atom is -0.497 e. The number of anilines is 3. The molecule has 0 aliphatic heterocycles. The lowest BCUT2D eigenvalue weighted by atomic mass is 10.1. The summed E-state index contributed by atoms with van der Waals surface area (Å²) in [5, 5.41) is 5.40. The SMILES string of the molecule is COc1ccc2nc(Nc3ccc(OC)c(NC(C)=O)c3)cc(C(F)(F)F)c2c1. The third-order valence-electron chi connectivity index (χ3n) is 4.10. The zero-order valence-electron chi connectivity index (χ0n) is 15.8. The first-order chi connectivity index (χ1) is 13.7. The van der Waals surface area contributed by atoms with Gasteiger partial charge in [0, 0.05) is 18.0 Å². The number of carbonyl (C=O) groups excluding carboxylic acids is 1. The topological polar surface area (TPSA) is 72.5 Å². The normalized spacial score (nSPS) is 11.2. The largest absolute Gasteiger partial charge is 0.497 e. The van der Waals surface area contributed by atoms with Crippen molar-refractivity contribution in [1.29, 1.82) is 0 Å². The molecule has 3 rings (SSSR count). The molecule has 0 aliphatic rings. The number of amides is 1. The molecular weight excluding hydrogens is 387 g/mol. The Bertz CT molecular complexity index is 1070. The molecule has 1 amide bonds. The Labute approximate surface area is 164 Å². The van der Waals surface area contributed by atoms with E-state index in [0.717, 1.165) is 6.07 Å². The summed E-state index contributed by atoms with van der Waals surface area (Å²) in [6, 6.07) is 9.99. The summed E-state index contributed by atoms with van der Waals surface area (Å²) in [5.41, 5.74) is 0.146. The fourth-order valence-corrected chi connectivity index (χ4v) is 2.85. The number of ether oxygens (including phenoxy) is 2. The molecule has 0 atom stereocenters. The third-order valence-corrected chi connectivity index (χ3v) is 4.10. The van der Waals surface area contributed by atoms with Crippen LogP contribution in [-0.4, -0.2) is 25.1 Å². The minimum atomic E-state index is -4.58. The molecule has 0 radical (unpaired) electrons. The Hall–Kier alpha value is -3.49. The van der Waals surface area contributed by atoms with Crippen LogP contribution in [0.1, 0.15) is 12.5 Å². The highest BCUT2D eigenvalue weighted by atomic mass is 19.4. The van der Waals surface area contributed by atoms with Gasteiger partial charge in [0.2, 0.25) is 5.91 Å². The van der Waals surface area contributed by atoms with Gasteiger partial charge in [-0.05, 0) is 42.5 Å². The lowest BCUT2D eigenvalue weighted by Gasteiger charge is -2.15. The predicted octanol–water partition coefficient (Wildman–Crippen LogP) is 4.97. The summed E-state index contributed by atoms with van der Waals surface area (Å²) in [4.78, 5) is 15.6. The van der Waals surface area contributed by atoms with Gasteiger partial charge in [0.05, 0.1) is 31.0 Å². The molecule has 0 unspecified atom stereocenters. The Balaban J connectivity index is 2.05. The van der Waals surface area contributed by atoms with E-state index in [1.165, 1.54) is 33.3 Å². The molecule has 2 aromatic carbocycles. The number of halogens is 3. The second-order valence-corrected chi connectivity index (χ2v) is 6.16. The Morgan fingerprint density at radius 1 is 1.03 bits per heavy atom. The second-order valence-electron chi connectivity index (χ2n) is 6.16. The van der Waals surface area contributed by atoms with Gasteiger partial charge in [-0.15, -0.1) is 0 Å². The summed E-state index contributed by atoms with van der Waals surface area (Å²) in [6.45, 7) is 1.34. The number of pyridine rings is 1. The molecule has 152 valence electrons. The maximum Gasteiger partial charge on any atom is 0.417 e. The first-order valence-corrected chi connectivity index (χ1v) is 8.50. The van der Waals surface area contributed by atoms with Crippen molar-refractivity contribution >= 4 is 34.0 Å². The second kappa shape index (κ2) is 7.86. The van der Waals surface area contributed by atoms with Gasteiger partial charge in [-0.25, -0.2) is 4.98 Å². The van der Waals surface area contributed by atoms with Crippen molar-refractivity contribution in [3.8, 4) is 11.5 Å². The highest BCUT2D eigenvalue weighted by Gasteiger charge is 2.33. The van der Waals surface area contributed by atoms with E-state index in [0.29, 0.717) is 22.9 Å². The Morgan fingerprint density at radius 2 is 1.79 bits per heavy atom. The number of alkyl halides is 3. The first-order valence-electron chi connectivity index (χ1n) is 8.50. The third kappa shape index (κ3) is 4.50. The molecule has 29 heavy (non-hydrogen) atoms. The van der Waals surface area contributed by atoms with E-state index < -0.39 is 11.7 Å². The molecule has 0 aliphatic carbocycles. The summed E-state index contributed by atoms with van der Waals surface area (Å²) in [6.07, 6.45) is -4.58. The minimum absolute atomic E-state index is 0.00827. The summed E-state index contributed by atoms with van der Waals surface area (Å²) in [5.74, 6) is 0.424. The molecule has 3 aromatic rings. The molecule has 0 spiro atoms. The predicted molar refractivity (Wildman–Crippen MR) is 104 cm³/mol. The smallest absolute Gasteiger partial charge is 0.417 e. The highest BCUT2D eigenvalue weighted by Crippen LogP contribution is 2.38. The van der Waals surface area contributed by atoms with Gasteiger partial charge in [0.15, 0.2) is 0 Å². The van der Waals surface area contributed by atoms with Crippen molar-refractivity contribution in [1.82, 2.24) is 4.98 Å². The molecular formula is C20H18F3N3O3. The number of carbonyl (C=O) groups is 1. The van der Waals surface area contributed by atoms with Crippen molar-refractivity contribution in [3.05, 3.63) is 48.0 Å². The van der Waals surface area contributed by atoms with Gasteiger partial charge in [0.25, 0.3) is 0 Å². The Morgan fingerprint density at radius 3 is 2.41 bits per heavy atom. The van der Waals surface area contributed by atoms with Gasteiger partial charge in [-0.1, -0.05) is 0 Å². The number of benzene rings is 2. The van der Waals surface area contributed by atoms with Crippen molar-refractivity contribution < 1.29 is 27.4 Å². The van der Waals surface area contributed by atoms with E-state index in [1.807, 2.05) is 0 Å². The van der Waals surface area contributed by atoms with Crippen LogP contribution in [0.3, 0.4) is 0 Å². The summed E-state index contributed by atoms with van der Waals surface area (Å²) in [7, 11) is 2.83. The van der Waals surface area contributed by atoms with E-state index >= 15 is 0 Å². The molecule has 2 N–H and O–H groups in total. The van der Waals surface area contributed by atoms with Gasteiger partial charge in [0.1, 0.15) is 17.3 Å². The first kappa shape index (κ1) is 20.2. The van der Waals surface area contributed by atoms with E-state index in [4.69, 9.17) is 9.47 Å². The van der Waals surface area contributed by atoms with Gasteiger partial charge in [-0.2, -0.15) is 13.2 Å². The average molecular weight is 405 g/mol. The van der Waals surface area contributed by atoms with E-state index in [2.05, 4.69) is 15.6 Å². The van der Waals surface area contributed by atoms with Crippen LogP contribution < -0.4 is 20.1 Å². The summed E-state index contributed by atoms with van der Waals surface area (Å²) >= 11 is 0. The number of nitrogens with one attached hydrogen (secondary N) is 2. The standard InChI is InChI=1S/C20H18F3N3O3/c1-11(27)24-17-8-12(4-7-18(17)29-3)25-19-10-15(20(21,22)23)14-9-13(28-2)5-6-16(14)26-19/h4-10H,1-3H3,(H,24,27)(H,25,26). The van der Waals surface area contributed by atoms with Crippen LogP contribution in [0.25, 0.3) is 10.9 Å². The fraction of sp³-hybridized carbons (Fsp3) is 0.200. The quantitative estimate of drug-likeness (QED) is 0.627. The van der Waals surface area contributed by atoms with Crippen LogP contribution >= 0.6 is 0 Å². The fourth-order valence-electron chi connectivity index (χ4n) is 2.85. The van der Waals surface area contributed by atoms with E-state index in [1.54, 1.807) is 24.3 Å². The number of hydrogen-bond acceptors (Lipinski definition) is 5. The monoisotopic (exact) mass is 405 g/mol. The zero-order valence-corrected chi connectivity index (χ0v) is 15.8. The zero-order chi connectivity index (χ0) is 21.2. The van der Waals surface area contributed by atoms with Crippen molar-refractivity contribution in [2.75, 3.05) is 24.9 Å². The molecule has 1 aromatic heterocycles. The lowest BCUT2D eigenvalue weighted by Crippen LogP contribution is -2.09.